The van der Waals surface area contributed by atoms with E-state index in [2.05, 4.69) is 39.7 Å². The lowest BCUT2D eigenvalue weighted by Gasteiger charge is -2.38. The quantitative estimate of drug-likeness (QED) is 0.160. The molecule has 4 rings (SSSR count). The average Bonchev–Trinajstić information content (AvgIpc) is 3.51. The van der Waals surface area contributed by atoms with Crippen molar-refractivity contribution in [3.8, 4) is 0 Å². The molecule has 0 radical (unpaired) electrons. The summed E-state index contributed by atoms with van der Waals surface area (Å²) in [5, 5.41) is 10.4. The van der Waals surface area contributed by atoms with Gasteiger partial charge >= 0.3 is 0 Å². The Morgan fingerprint density at radius 2 is 1.80 bits per heavy atom. The van der Waals surface area contributed by atoms with E-state index in [1.54, 1.807) is 30.3 Å². The smallest absolute Gasteiger partial charge is 0.178 e. The van der Waals surface area contributed by atoms with Crippen molar-refractivity contribution in [1.29, 1.82) is 0 Å². The van der Waals surface area contributed by atoms with Gasteiger partial charge in [-0.3, -0.25) is 0 Å². The Balaban J connectivity index is 1.40. The summed E-state index contributed by atoms with van der Waals surface area (Å²) in [4.78, 5) is 0.328. The van der Waals surface area contributed by atoms with Crippen LogP contribution in [0.4, 0.5) is 0 Å². The number of aliphatic hydroxyl groups excluding tert-OH is 1. The molecule has 3 aliphatic rings. The fourth-order valence-corrected chi connectivity index (χ4v) is 8.76. The molecular formula is C37H54O7S. The molecule has 1 aromatic rings. The topological polar surface area (TPSA) is 91.3 Å². The summed E-state index contributed by atoms with van der Waals surface area (Å²) >= 11 is 0. The summed E-state index contributed by atoms with van der Waals surface area (Å²) in [5.41, 5.74) is 2.15. The molecule has 8 heteroatoms. The van der Waals surface area contributed by atoms with Gasteiger partial charge in [0.25, 0.3) is 0 Å². The van der Waals surface area contributed by atoms with E-state index < -0.39 is 15.9 Å². The van der Waals surface area contributed by atoms with Gasteiger partial charge in [0.1, 0.15) is 0 Å². The fourth-order valence-electron chi connectivity index (χ4n) is 6.97. The van der Waals surface area contributed by atoms with Crippen LogP contribution in [0, 0.1) is 17.8 Å². The van der Waals surface area contributed by atoms with Crippen molar-refractivity contribution in [1.82, 2.24) is 0 Å². The first-order valence-corrected chi connectivity index (χ1v) is 18.3. The van der Waals surface area contributed by atoms with Gasteiger partial charge in [0, 0.05) is 18.8 Å². The third-order valence-corrected chi connectivity index (χ3v) is 11.7. The maximum absolute atomic E-state index is 13.5. The normalized spacial score (nSPS) is 33.2. The molecule has 3 saturated heterocycles. The largest absolute Gasteiger partial charge is 0.393 e. The molecule has 45 heavy (non-hydrogen) atoms. The summed E-state index contributed by atoms with van der Waals surface area (Å²) in [5.74, 6) is 0.0203. The second kappa shape index (κ2) is 16.7. The standard InChI is InChI=1S/C37H54O7S/c1-7-18-41-19-12-13-30-21-26(4)34(42-30)17-16-31-20-25(3)27(5)36(43-31)23-37-33(28(6)35(44-37)22-29(38)8-2)24-45(39,40)32-14-10-9-11-15-32/h7,9-15,25,28-31,33-38H,1,4-5,8,16-24H2,2-3,6H3/b13-12+/t25-,28-,29-,30+,31+,33-,34?,35-,36-,37?/m1/s1. The molecule has 0 saturated carbocycles. The molecular weight excluding hydrogens is 588 g/mol. The Morgan fingerprint density at radius 1 is 1.04 bits per heavy atom. The van der Waals surface area contributed by atoms with Crippen LogP contribution in [0.2, 0.25) is 0 Å². The monoisotopic (exact) mass is 642 g/mol. The molecule has 1 aromatic carbocycles. The van der Waals surface area contributed by atoms with Gasteiger partial charge in [-0.05, 0) is 67.2 Å². The van der Waals surface area contributed by atoms with E-state index >= 15 is 0 Å². The number of rotatable bonds is 16. The van der Waals surface area contributed by atoms with Crippen molar-refractivity contribution in [2.75, 3.05) is 19.0 Å². The van der Waals surface area contributed by atoms with Crippen LogP contribution in [0.1, 0.15) is 65.7 Å². The highest BCUT2D eigenvalue weighted by molar-refractivity contribution is 7.91. The highest BCUT2D eigenvalue weighted by Crippen LogP contribution is 2.42. The van der Waals surface area contributed by atoms with Crippen molar-refractivity contribution < 1.29 is 32.5 Å². The van der Waals surface area contributed by atoms with Crippen molar-refractivity contribution in [2.45, 2.75) is 113 Å². The van der Waals surface area contributed by atoms with E-state index in [9.17, 15) is 13.5 Å². The molecule has 250 valence electrons. The van der Waals surface area contributed by atoms with Gasteiger partial charge in [-0.25, -0.2) is 8.42 Å². The zero-order valence-corrected chi connectivity index (χ0v) is 28.2. The number of benzene rings is 1. The molecule has 0 bridgehead atoms. The van der Waals surface area contributed by atoms with E-state index in [1.165, 1.54) is 0 Å². The van der Waals surface area contributed by atoms with Gasteiger partial charge in [-0.2, -0.15) is 0 Å². The van der Waals surface area contributed by atoms with Crippen LogP contribution in [-0.4, -0.2) is 75.2 Å². The lowest BCUT2D eigenvalue weighted by Crippen LogP contribution is -2.38. The summed E-state index contributed by atoms with van der Waals surface area (Å²) in [6.07, 6.45) is 9.61. The zero-order valence-electron chi connectivity index (χ0n) is 27.4. The SMILES string of the molecule is C=CCOC/C=C/[C@H]1CC(=C)C(CC[C@H]2C[C@@H](C)C(=C)[C@@H](CC3O[C@H](C[C@H](O)CC)[C@H](C)[C@H]3CS(=O)(=O)c3ccccc3)O2)O1. The van der Waals surface area contributed by atoms with Crippen molar-refractivity contribution in [3.63, 3.8) is 0 Å². The van der Waals surface area contributed by atoms with Crippen LogP contribution < -0.4 is 0 Å². The lowest BCUT2D eigenvalue weighted by atomic mass is 9.82. The third-order valence-electron chi connectivity index (χ3n) is 9.85. The number of hydrogen-bond acceptors (Lipinski definition) is 7. The molecule has 3 heterocycles. The van der Waals surface area contributed by atoms with Gasteiger partial charge in [-0.15, -0.1) is 6.58 Å². The predicted molar refractivity (Wildman–Crippen MR) is 179 cm³/mol. The minimum atomic E-state index is -3.52. The van der Waals surface area contributed by atoms with Crippen LogP contribution in [-0.2, 0) is 28.8 Å². The van der Waals surface area contributed by atoms with Crippen LogP contribution in [0.15, 0.2) is 84.3 Å². The Morgan fingerprint density at radius 3 is 2.51 bits per heavy atom. The lowest BCUT2D eigenvalue weighted by molar-refractivity contribution is -0.0748. The van der Waals surface area contributed by atoms with E-state index in [0.717, 1.165) is 36.8 Å². The highest BCUT2D eigenvalue weighted by atomic mass is 32.2. The molecule has 0 amide bonds. The van der Waals surface area contributed by atoms with Gasteiger partial charge in [0.05, 0.1) is 66.6 Å². The molecule has 3 aliphatic heterocycles. The number of sulfone groups is 1. The Labute approximate surface area is 271 Å². The summed E-state index contributed by atoms with van der Waals surface area (Å²) in [6.45, 7) is 19.6. The molecule has 7 nitrogen and oxygen atoms in total. The number of ether oxygens (including phenoxy) is 4. The first-order chi connectivity index (χ1) is 21.5. The van der Waals surface area contributed by atoms with E-state index in [-0.39, 0.29) is 60.1 Å². The Kier molecular flexibility index (Phi) is 13.2. The molecule has 1 N–H and O–H groups in total. The molecule has 2 unspecified atom stereocenters. The van der Waals surface area contributed by atoms with E-state index in [0.29, 0.717) is 37.4 Å². The summed E-state index contributed by atoms with van der Waals surface area (Å²) in [7, 11) is -3.52. The fraction of sp³-hybridized carbons (Fsp3) is 0.622. The van der Waals surface area contributed by atoms with E-state index in [4.69, 9.17) is 18.9 Å². The summed E-state index contributed by atoms with van der Waals surface area (Å²) in [6, 6.07) is 8.64. The van der Waals surface area contributed by atoms with Gasteiger partial charge < -0.3 is 24.1 Å². The van der Waals surface area contributed by atoms with Gasteiger partial charge in [0.15, 0.2) is 9.84 Å². The first-order valence-electron chi connectivity index (χ1n) is 16.7. The zero-order chi connectivity index (χ0) is 32.6. The molecule has 10 atom stereocenters. The van der Waals surface area contributed by atoms with Crippen molar-refractivity contribution >= 4 is 9.84 Å². The molecule has 0 aromatic heterocycles. The van der Waals surface area contributed by atoms with Crippen molar-refractivity contribution in [2.24, 2.45) is 17.8 Å². The molecule has 0 spiro atoms. The Hall–Kier alpha value is -2.07. The number of aliphatic hydroxyl groups is 1. The molecule has 0 aliphatic carbocycles. The maximum atomic E-state index is 13.5. The maximum Gasteiger partial charge on any atom is 0.178 e. The first kappa shape index (κ1) is 35.8. The van der Waals surface area contributed by atoms with Gasteiger partial charge in [-0.1, -0.05) is 70.4 Å². The average molecular weight is 643 g/mol. The third kappa shape index (κ3) is 9.72. The van der Waals surface area contributed by atoms with Crippen LogP contribution in [0.3, 0.4) is 0 Å². The van der Waals surface area contributed by atoms with Crippen LogP contribution >= 0.6 is 0 Å². The van der Waals surface area contributed by atoms with Crippen LogP contribution in [0.25, 0.3) is 0 Å². The van der Waals surface area contributed by atoms with Crippen molar-refractivity contribution in [3.05, 3.63) is 79.4 Å². The second-order valence-electron chi connectivity index (χ2n) is 13.2. The number of hydrogen-bond donors (Lipinski definition) is 1. The van der Waals surface area contributed by atoms with E-state index in [1.807, 2.05) is 19.1 Å². The summed E-state index contributed by atoms with van der Waals surface area (Å²) < 4.78 is 52.0. The van der Waals surface area contributed by atoms with Gasteiger partial charge in [0.2, 0.25) is 0 Å². The predicted octanol–water partition coefficient (Wildman–Crippen LogP) is 6.63. The van der Waals surface area contributed by atoms with Crippen LogP contribution in [0.5, 0.6) is 0 Å². The highest BCUT2D eigenvalue weighted by Gasteiger charge is 2.46. The Bertz CT molecular complexity index is 1260. The molecule has 3 fully saturated rings. The minimum absolute atomic E-state index is 0.00311. The second-order valence-corrected chi connectivity index (χ2v) is 15.2. The minimum Gasteiger partial charge on any atom is -0.393 e.